The van der Waals surface area contributed by atoms with Crippen molar-refractivity contribution in [3.05, 3.63) is 0 Å². The predicted molar refractivity (Wildman–Crippen MR) is 36.7 cm³/mol. The molecule has 1 fully saturated rings. The fraction of sp³-hybridized carbons (Fsp3) is 1.00. The van der Waals surface area contributed by atoms with Crippen LogP contribution in [0, 0.1) is 5.92 Å². The van der Waals surface area contributed by atoms with Crippen molar-refractivity contribution < 1.29 is 4.74 Å². The molecule has 1 heterocycles. The molecule has 1 nitrogen and oxygen atoms in total. The van der Waals surface area contributed by atoms with Gasteiger partial charge >= 0.3 is 0 Å². The average molecular weight is 112 g/mol. The van der Waals surface area contributed by atoms with E-state index >= 15 is 0 Å². The normalized spacial score (nSPS) is 47.5. The molecule has 0 radical (unpaired) electrons. The Hall–Kier alpha value is 0.0249. The summed E-state index contributed by atoms with van der Waals surface area (Å²) in [6, 6.07) is 0. The summed E-state index contributed by atoms with van der Waals surface area (Å²) in [5.74, 6) is 0.769. The summed E-state index contributed by atoms with van der Waals surface area (Å²) < 4.78 is 5.45. The summed E-state index contributed by atoms with van der Waals surface area (Å²) >= 11 is 0. The SMILES string of the molecule is B[C@@]1(C)C[C@@H](C)CO1. The molecular formula is C6H13BO. The number of rotatable bonds is 0. The van der Waals surface area contributed by atoms with E-state index in [9.17, 15) is 0 Å². The van der Waals surface area contributed by atoms with Gasteiger partial charge in [-0.3, -0.25) is 0 Å². The van der Waals surface area contributed by atoms with Gasteiger partial charge in [0.05, 0.1) is 0 Å². The third-order valence-electron chi connectivity index (χ3n) is 1.60. The van der Waals surface area contributed by atoms with Crippen LogP contribution in [0.25, 0.3) is 0 Å². The van der Waals surface area contributed by atoms with Crippen LogP contribution < -0.4 is 0 Å². The second-order valence-corrected chi connectivity index (χ2v) is 3.38. The highest BCUT2D eigenvalue weighted by atomic mass is 16.5. The molecule has 0 aromatic rings. The predicted octanol–water partition coefficient (Wildman–Crippen LogP) is 0.392. The van der Waals surface area contributed by atoms with Gasteiger partial charge in [0.2, 0.25) is 0 Å². The Morgan fingerprint density at radius 2 is 2.38 bits per heavy atom. The monoisotopic (exact) mass is 112 g/mol. The minimum absolute atomic E-state index is 0.166. The quantitative estimate of drug-likeness (QED) is 0.412. The second kappa shape index (κ2) is 1.76. The number of hydrogen-bond donors (Lipinski definition) is 0. The highest BCUT2D eigenvalue weighted by Gasteiger charge is 2.28. The van der Waals surface area contributed by atoms with Gasteiger partial charge in [-0.25, -0.2) is 0 Å². The van der Waals surface area contributed by atoms with Gasteiger partial charge in [0.15, 0.2) is 0 Å². The summed E-state index contributed by atoms with van der Waals surface area (Å²) in [5.41, 5.74) is 0.166. The van der Waals surface area contributed by atoms with Crippen molar-refractivity contribution in [1.29, 1.82) is 0 Å². The van der Waals surface area contributed by atoms with Crippen LogP contribution in [0.1, 0.15) is 20.3 Å². The zero-order valence-electron chi connectivity index (χ0n) is 5.90. The summed E-state index contributed by atoms with van der Waals surface area (Å²) in [6.07, 6.45) is 1.22. The molecule has 1 saturated heterocycles. The Kier molecular flexibility index (Phi) is 1.36. The first-order valence-electron chi connectivity index (χ1n) is 3.24. The van der Waals surface area contributed by atoms with Gasteiger partial charge in [0.25, 0.3) is 0 Å². The van der Waals surface area contributed by atoms with Crippen molar-refractivity contribution in [2.45, 2.75) is 25.8 Å². The zero-order valence-corrected chi connectivity index (χ0v) is 5.90. The highest BCUT2D eigenvalue weighted by molar-refractivity contribution is 6.14. The molecule has 0 unspecified atom stereocenters. The molecule has 0 N–H and O–H groups in total. The summed E-state index contributed by atoms with van der Waals surface area (Å²) in [4.78, 5) is 0. The third-order valence-corrected chi connectivity index (χ3v) is 1.60. The maximum atomic E-state index is 5.45. The maximum absolute atomic E-state index is 5.45. The molecule has 1 rings (SSSR count). The van der Waals surface area contributed by atoms with Crippen molar-refractivity contribution in [3.63, 3.8) is 0 Å². The van der Waals surface area contributed by atoms with E-state index in [4.69, 9.17) is 4.74 Å². The fourth-order valence-corrected chi connectivity index (χ4v) is 1.32. The molecule has 0 spiro atoms. The summed E-state index contributed by atoms with van der Waals surface area (Å²) in [7, 11) is 2.15. The molecule has 2 atom stereocenters. The van der Waals surface area contributed by atoms with Crippen molar-refractivity contribution in [1.82, 2.24) is 0 Å². The largest absolute Gasteiger partial charge is 0.384 e. The average Bonchev–Trinajstić information content (AvgIpc) is 1.82. The minimum Gasteiger partial charge on any atom is -0.384 e. The minimum atomic E-state index is 0.166. The Labute approximate surface area is 51.8 Å². The molecule has 8 heavy (non-hydrogen) atoms. The molecule has 0 amide bonds. The number of hydrogen-bond acceptors (Lipinski definition) is 1. The van der Waals surface area contributed by atoms with Gasteiger partial charge < -0.3 is 4.74 Å². The van der Waals surface area contributed by atoms with Gasteiger partial charge in [0, 0.05) is 12.1 Å². The van der Waals surface area contributed by atoms with Gasteiger partial charge in [-0.05, 0) is 19.3 Å². The van der Waals surface area contributed by atoms with Crippen LogP contribution in [0.15, 0.2) is 0 Å². The molecule has 0 aromatic heterocycles. The molecule has 0 aliphatic carbocycles. The summed E-state index contributed by atoms with van der Waals surface area (Å²) in [5, 5.41) is 0. The van der Waals surface area contributed by atoms with Crippen molar-refractivity contribution >= 4 is 7.85 Å². The second-order valence-electron chi connectivity index (χ2n) is 3.38. The lowest BCUT2D eigenvalue weighted by molar-refractivity contribution is 0.0870. The van der Waals surface area contributed by atoms with E-state index in [1.807, 2.05) is 0 Å². The Morgan fingerprint density at radius 3 is 2.50 bits per heavy atom. The van der Waals surface area contributed by atoms with Crippen molar-refractivity contribution in [2.24, 2.45) is 5.92 Å². The highest BCUT2D eigenvalue weighted by Crippen LogP contribution is 2.25. The maximum Gasteiger partial charge on any atom is 0.142 e. The molecule has 0 bridgehead atoms. The smallest absolute Gasteiger partial charge is 0.142 e. The van der Waals surface area contributed by atoms with E-state index in [1.165, 1.54) is 6.42 Å². The fourth-order valence-electron chi connectivity index (χ4n) is 1.32. The standard InChI is InChI=1S/C6H13BO/c1-5-3-6(2,7)8-4-5/h5H,3-4,7H2,1-2H3/t5-,6-/m1/s1. The first-order valence-corrected chi connectivity index (χ1v) is 3.24. The van der Waals surface area contributed by atoms with E-state index in [0.29, 0.717) is 0 Å². The lowest BCUT2D eigenvalue weighted by Crippen LogP contribution is -2.22. The van der Waals surface area contributed by atoms with E-state index in [2.05, 4.69) is 21.7 Å². The zero-order chi connectivity index (χ0) is 6.20. The van der Waals surface area contributed by atoms with E-state index in [0.717, 1.165) is 12.5 Å². The first-order chi connectivity index (χ1) is 3.60. The topological polar surface area (TPSA) is 9.23 Å². The molecular weight excluding hydrogens is 98.9 g/mol. The Morgan fingerprint density at radius 1 is 1.75 bits per heavy atom. The van der Waals surface area contributed by atoms with Crippen LogP contribution in [0.5, 0.6) is 0 Å². The Bertz CT molecular complexity index is 90.5. The first kappa shape index (κ1) is 6.15. The molecule has 0 aromatic carbocycles. The van der Waals surface area contributed by atoms with Gasteiger partial charge in [-0.2, -0.15) is 0 Å². The Balaban J connectivity index is 2.44. The van der Waals surface area contributed by atoms with Crippen LogP contribution in [0.3, 0.4) is 0 Å². The van der Waals surface area contributed by atoms with Crippen molar-refractivity contribution in [3.8, 4) is 0 Å². The third kappa shape index (κ3) is 1.25. The lowest BCUT2D eigenvalue weighted by Gasteiger charge is -2.14. The van der Waals surface area contributed by atoms with Crippen LogP contribution in [0.4, 0.5) is 0 Å². The summed E-state index contributed by atoms with van der Waals surface area (Å²) in [6.45, 7) is 5.33. The van der Waals surface area contributed by atoms with E-state index < -0.39 is 0 Å². The molecule has 46 valence electrons. The van der Waals surface area contributed by atoms with Crippen LogP contribution >= 0.6 is 0 Å². The van der Waals surface area contributed by atoms with Gasteiger partial charge in [-0.1, -0.05) is 6.92 Å². The van der Waals surface area contributed by atoms with E-state index in [1.54, 1.807) is 0 Å². The molecule has 1 aliphatic heterocycles. The lowest BCUT2D eigenvalue weighted by atomic mass is 9.79. The number of ether oxygens (including phenoxy) is 1. The van der Waals surface area contributed by atoms with Crippen LogP contribution in [-0.4, -0.2) is 20.0 Å². The molecule has 2 heteroatoms. The molecule has 1 aliphatic rings. The van der Waals surface area contributed by atoms with Crippen LogP contribution in [0.2, 0.25) is 0 Å². The van der Waals surface area contributed by atoms with Gasteiger partial charge in [-0.15, -0.1) is 0 Å². The van der Waals surface area contributed by atoms with E-state index in [-0.39, 0.29) is 5.50 Å². The van der Waals surface area contributed by atoms with Gasteiger partial charge in [0.1, 0.15) is 7.85 Å². The van der Waals surface area contributed by atoms with Crippen LogP contribution in [-0.2, 0) is 4.74 Å². The molecule has 0 saturated carbocycles. The van der Waals surface area contributed by atoms with Crippen molar-refractivity contribution in [2.75, 3.05) is 6.61 Å².